The van der Waals surface area contributed by atoms with E-state index < -0.39 is 33.7 Å². The van der Waals surface area contributed by atoms with E-state index in [1.165, 1.54) is 22.5 Å². The zero-order chi connectivity index (χ0) is 20.5. The lowest BCUT2D eigenvalue weighted by atomic mass is 10.1. The number of nitrogens with zero attached hydrogens (tertiary/aromatic N) is 1. The lowest BCUT2D eigenvalue weighted by Gasteiger charge is -2.22. The average molecular weight is 432 g/mol. The minimum Gasteiger partial charge on any atom is -0.351 e. The zero-order valence-corrected chi connectivity index (χ0v) is 16.6. The molecule has 2 heterocycles. The molecule has 1 saturated heterocycles. The Morgan fingerprint density at radius 1 is 1.21 bits per heavy atom. The Morgan fingerprint density at radius 2 is 1.89 bits per heavy atom. The summed E-state index contributed by atoms with van der Waals surface area (Å²) in [4.78, 5) is 13.4. The maximum Gasteiger partial charge on any atom is 0.416 e. The first-order chi connectivity index (χ1) is 13.1. The van der Waals surface area contributed by atoms with Crippen LogP contribution in [0.15, 0.2) is 40.6 Å². The highest BCUT2D eigenvalue weighted by Crippen LogP contribution is 2.31. The van der Waals surface area contributed by atoms with Crippen LogP contribution in [0.25, 0.3) is 0 Å². The van der Waals surface area contributed by atoms with Gasteiger partial charge in [0, 0.05) is 18.0 Å². The number of alkyl halides is 3. The van der Waals surface area contributed by atoms with Crippen LogP contribution in [0.2, 0.25) is 0 Å². The molecule has 1 aromatic carbocycles. The summed E-state index contributed by atoms with van der Waals surface area (Å²) in [5, 5.41) is 2.63. The molecular weight excluding hydrogens is 413 g/mol. The summed E-state index contributed by atoms with van der Waals surface area (Å²) in [7, 11) is -3.75. The third-order valence-corrected chi connectivity index (χ3v) is 7.91. The van der Waals surface area contributed by atoms with Gasteiger partial charge in [-0.1, -0.05) is 12.1 Å². The second-order valence-corrected chi connectivity index (χ2v) is 9.96. The number of halogens is 3. The summed E-state index contributed by atoms with van der Waals surface area (Å²) in [5.41, 5.74) is -0.260. The van der Waals surface area contributed by atoms with E-state index in [2.05, 4.69) is 5.32 Å². The van der Waals surface area contributed by atoms with Crippen LogP contribution in [0.1, 0.15) is 28.8 Å². The van der Waals surface area contributed by atoms with Crippen molar-refractivity contribution in [1.29, 1.82) is 0 Å². The van der Waals surface area contributed by atoms with Crippen LogP contribution in [0.4, 0.5) is 13.2 Å². The van der Waals surface area contributed by atoms with E-state index >= 15 is 0 Å². The lowest BCUT2D eigenvalue weighted by molar-refractivity contribution is -0.137. The van der Waals surface area contributed by atoms with Crippen LogP contribution >= 0.6 is 11.3 Å². The first-order valence-electron chi connectivity index (χ1n) is 8.61. The maximum absolute atomic E-state index is 12.8. The van der Waals surface area contributed by atoms with Crippen LogP contribution in [0.5, 0.6) is 0 Å². The number of carbonyl (C=O) groups is 1. The number of thiophene rings is 1. The highest BCUT2D eigenvalue weighted by atomic mass is 32.2. The number of hydrogen-bond donors (Lipinski definition) is 1. The predicted molar refractivity (Wildman–Crippen MR) is 99.3 cm³/mol. The van der Waals surface area contributed by atoms with Crippen molar-refractivity contribution in [2.45, 2.75) is 42.7 Å². The van der Waals surface area contributed by atoms with E-state index in [1.807, 2.05) is 6.92 Å². The summed E-state index contributed by atoms with van der Waals surface area (Å²) in [6, 6.07) is 6.92. The molecule has 0 spiro atoms. The van der Waals surface area contributed by atoms with E-state index in [0.29, 0.717) is 18.4 Å². The molecule has 1 fully saturated rings. The first kappa shape index (κ1) is 20.8. The van der Waals surface area contributed by atoms with Gasteiger partial charge in [-0.2, -0.15) is 17.5 Å². The van der Waals surface area contributed by atoms with Gasteiger partial charge in [0.05, 0.1) is 5.56 Å². The van der Waals surface area contributed by atoms with Crippen molar-refractivity contribution in [3.63, 3.8) is 0 Å². The van der Waals surface area contributed by atoms with Gasteiger partial charge in [-0.25, -0.2) is 8.42 Å². The molecule has 152 valence electrons. The highest BCUT2D eigenvalue weighted by molar-refractivity contribution is 7.91. The van der Waals surface area contributed by atoms with Crippen molar-refractivity contribution >= 4 is 27.3 Å². The largest absolute Gasteiger partial charge is 0.416 e. The van der Waals surface area contributed by atoms with E-state index in [9.17, 15) is 26.4 Å². The van der Waals surface area contributed by atoms with Crippen LogP contribution in [0.3, 0.4) is 0 Å². The Labute approximate surface area is 165 Å². The number of benzene rings is 1. The van der Waals surface area contributed by atoms with Crippen molar-refractivity contribution in [2.24, 2.45) is 0 Å². The molecule has 0 unspecified atom stereocenters. The quantitative estimate of drug-likeness (QED) is 0.786. The van der Waals surface area contributed by atoms with Crippen LogP contribution in [-0.2, 0) is 27.5 Å². The molecule has 10 heteroatoms. The van der Waals surface area contributed by atoms with E-state index in [4.69, 9.17) is 0 Å². The van der Waals surface area contributed by atoms with Crippen LogP contribution < -0.4 is 5.32 Å². The number of rotatable bonds is 5. The number of nitrogens with one attached hydrogen (secondary N) is 1. The van der Waals surface area contributed by atoms with Crippen molar-refractivity contribution in [3.8, 4) is 0 Å². The van der Waals surface area contributed by atoms with Gasteiger partial charge in [-0.05, 0) is 49.6 Å². The Kier molecular flexibility index (Phi) is 5.83. The minimum absolute atomic E-state index is 0.0273. The fourth-order valence-electron chi connectivity index (χ4n) is 3.07. The molecule has 2 aromatic rings. The second kappa shape index (κ2) is 7.84. The SMILES string of the molecule is Cc1ccc(S(=O)(=O)N2CCC[C@@H]2C(=O)NCc2ccc(C(F)(F)F)cc2)s1. The van der Waals surface area contributed by atoms with Gasteiger partial charge in [-0.3, -0.25) is 4.79 Å². The molecule has 1 N–H and O–H groups in total. The molecule has 1 aliphatic rings. The Bertz CT molecular complexity index is 953. The van der Waals surface area contributed by atoms with Gasteiger partial charge < -0.3 is 5.32 Å². The molecule has 1 aliphatic heterocycles. The van der Waals surface area contributed by atoms with Crippen molar-refractivity contribution in [3.05, 3.63) is 52.4 Å². The Hall–Kier alpha value is -1.91. The van der Waals surface area contributed by atoms with E-state index in [0.717, 1.165) is 28.3 Å². The third kappa shape index (κ3) is 4.39. The van der Waals surface area contributed by atoms with E-state index in [1.54, 1.807) is 6.07 Å². The van der Waals surface area contributed by atoms with Crippen molar-refractivity contribution in [1.82, 2.24) is 9.62 Å². The van der Waals surface area contributed by atoms with Gasteiger partial charge in [0.25, 0.3) is 10.0 Å². The monoisotopic (exact) mass is 432 g/mol. The molecule has 28 heavy (non-hydrogen) atoms. The van der Waals surface area contributed by atoms with Gasteiger partial charge in [-0.15, -0.1) is 11.3 Å². The second-order valence-electron chi connectivity index (χ2n) is 6.55. The molecule has 1 atom stereocenters. The topological polar surface area (TPSA) is 66.5 Å². The molecule has 1 amide bonds. The summed E-state index contributed by atoms with van der Waals surface area (Å²) >= 11 is 1.16. The third-order valence-electron chi connectivity index (χ3n) is 4.53. The molecule has 0 radical (unpaired) electrons. The fourth-order valence-corrected chi connectivity index (χ4v) is 6.14. The van der Waals surface area contributed by atoms with E-state index in [-0.39, 0.29) is 17.3 Å². The van der Waals surface area contributed by atoms with Gasteiger partial charge in [0.1, 0.15) is 10.3 Å². The van der Waals surface area contributed by atoms with Gasteiger partial charge in [0.15, 0.2) is 0 Å². The first-order valence-corrected chi connectivity index (χ1v) is 10.9. The fraction of sp³-hybridized carbons (Fsp3) is 0.389. The van der Waals surface area contributed by atoms with Crippen molar-refractivity contribution < 1.29 is 26.4 Å². The normalized spacial score (nSPS) is 18.4. The molecule has 1 aromatic heterocycles. The highest BCUT2D eigenvalue weighted by Gasteiger charge is 2.40. The lowest BCUT2D eigenvalue weighted by Crippen LogP contribution is -2.45. The smallest absolute Gasteiger partial charge is 0.351 e. The summed E-state index contributed by atoms with van der Waals surface area (Å²) in [6.07, 6.45) is -3.44. The zero-order valence-electron chi connectivity index (χ0n) is 15.0. The van der Waals surface area contributed by atoms with Gasteiger partial charge >= 0.3 is 6.18 Å². The summed E-state index contributed by atoms with van der Waals surface area (Å²) in [5.74, 6) is -0.450. The standard InChI is InChI=1S/C18H19F3N2O3S2/c1-12-4-9-16(27-12)28(25,26)23-10-2-3-15(23)17(24)22-11-13-5-7-14(8-6-13)18(19,20)21/h4-9,15H,2-3,10-11H2,1H3,(H,22,24)/t15-/m1/s1. The van der Waals surface area contributed by atoms with Crippen LogP contribution in [-0.4, -0.2) is 31.2 Å². The predicted octanol–water partition coefficient (Wildman–Crippen LogP) is 3.54. The number of amides is 1. The summed E-state index contributed by atoms with van der Waals surface area (Å²) < 4.78 is 64.9. The van der Waals surface area contributed by atoms with Crippen LogP contribution in [0, 0.1) is 6.92 Å². The molecule has 5 nitrogen and oxygen atoms in total. The van der Waals surface area contributed by atoms with Gasteiger partial charge in [0.2, 0.25) is 5.91 Å². The van der Waals surface area contributed by atoms with Crippen molar-refractivity contribution in [2.75, 3.05) is 6.54 Å². The summed E-state index contributed by atoms with van der Waals surface area (Å²) in [6.45, 7) is 2.10. The Balaban J connectivity index is 1.67. The molecule has 0 aliphatic carbocycles. The molecule has 0 saturated carbocycles. The minimum atomic E-state index is -4.42. The Morgan fingerprint density at radius 3 is 2.46 bits per heavy atom. The average Bonchev–Trinajstić information content (AvgIpc) is 3.29. The number of carbonyl (C=O) groups excluding carboxylic acids is 1. The molecule has 3 rings (SSSR count). The maximum atomic E-state index is 12.8. The molecular formula is C18H19F3N2O3S2. The number of hydrogen-bond acceptors (Lipinski definition) is 4. The number of aryl methyl sites for hydroxylation is 1. The number of sulfonamides is 1. The molecule has 0 bridgehead atoms.